The third kappa shape index (κ3) is 4.16. The third-order valence-corrected chi connectivity index (χ3v) is 7.74. The summed E-state index contributed by atoms with van der Waals surface area (Å²) in [6, 6.07) is 0. The van der Waals surface area contributed by atoms with Gasteiger partial charge in [0.2, 0.25) is 0 Å². The van der Waals surface area contributed by atoms with Gasteiger partial charge in [-0.15, -0.1) is 0 Å². The van der Waals surface area contributed by atoms with Crippen LogP contribution in [-0.2, 0) is 0 Å². The molecular formula is C23H46. The van der Waals surface area contributed by atoms with Crippen LogP contribution in [0.5, 0.6) is 0 Å². The van der Waals surface area contributed by atoms with Gasteiger partial charge in [0, 0.05) is 0 Å². The Morgan fingerprint density at radius 2 is 1.35 bits per heavy atom. The molecule has 6 atom stereocenters. The molecule has 0 heteroatoms. The van der Waals surface area contributed by atoms with Gasteiger partial charge in [0.25, 0.3) is 0 Å². The van der Waals surface area contributed by atoms with Crippen LogP contribution in [0.1, 0.15) is 95.9 Å². The van der Waals surface area contributed by atoms with Crippen molar-refractivity contribution in [3.05, 3.63) is 0 Å². The summed E-state index contributed by atoms with van der Waals surface area (Å²) in [6.07, 6.45) is 2.80. The monoisotopic (exact) mass is 322 g/mol. The molecule has 1 rings (SSSR count). The zero-order chi connectivity index (χ0) is 18.4. The van der Waals surface area contributed by atoms with Crippen LogP contribution in [0.3, 0.4) is 0 Å². The summed E-state index contributed by atoms with van der Waals surface area (Å²) in [5, 5.41) is 0. The Morgan fingerprint density at radius 1 is 0.870 bits per heavy atom. The lowest BCUT2D eigenvalue weighted by Crippen LogP contribution is -2.31. The van der Waals surface area contributed by atoms with Crippen LogP contribution < -0.4 is 0 Å². The summed E-state index contributed by atoms with van der Waals surface area (Å²) in [6.45, 7) is 29.5. The molecule has 6 unspecified atom stereocenters. The van der Waals surface area contributed by atoms with Crippen molar-refractivity contribution in [2.75, 3.05) is 0 Å². The molecule has 0 saturated heterocycles. The average Bonchev–Trinajstić information content (AvgIpc) is 2.92. The fraction of sp³-hybridized carbons (Fsp3) is 1.00. The second-order valence-corrected chi connectivity index (χ2v) is 11.5. The molecule has 0 aromatic heterocycles. The first-order chi connectivity index (χ1) is 10.2. The number of hydrogen-bond acceptors (Lipinski definition) is 0. The summed E-state index contributed by atoms with van der Waals surface area (Å²) in [5.41, 5.74) is 1.36. The van der Waals surface area contributed by atoms with Gasteiger partial charge in [-0.1, -0.05) is 83.1 Å². The molecular weight excluding hydrogens is 276 g/mol. The van der Waals surface area contributed by atoms with Gasteiger partial charge in [-0.3, -0.25) is 0 Å². The van der Waals surface area contributed by atoms with E-state index in [4.69, 9.17) is 0 Å². The van der Waals surface area contributed by atoms with Gasteiger partial charge in [0.1, 0.15) is 0 Å². The fourth-order valence-corrected chi connectivity index (χ4v) is 5.46. The second-order valence-electron chi connectivity index (χ2n) is 11.5. The molecule has 1 aliphatic rings. The summed E-state index contributed by atoms with van der Waals surface area (Å²) in [5.74, 6) is 5.05. The Balaban J connectivity index is 2.96. The minimum absolute atomic E-state index is 0.409. The Bertz CT molecular complexity index is 378. The van der Waals surface area contributed by atoms with Gasteiger partial charge in [-0.05, 0) is 64.6 Å². The van der Waals surface area contributed by atoms with Crippen LogP contribution in [0.2, 0.25) is 0 Å². The summed E-state index contributed by atoms with van der Waals surface area (Å²) >= 11 is 0. The van der Waals surface area contributed by atoms with Crippen LogP contribution in [0.15, 0.2) is 0 Å². The van der Waals surface area contributed by atoms with Crippen LogP contribution in [0.4, 0.5) is 0 Å². The SMILES string of the molecule is CC(CC(C)C(C)C)CC1(C(C)(C)C)C(C)C1C(C)C(C)(C)C. The Morgan fingerprint density at radius 3 is 1.70 bits per heavy atom. The van der Waals surface area contributed by atoms with E-state index in [-0.39, 0.29) is 0 Å². The van der Waals surface area contributed by atoms with E-state index in [1.807, 2.05) is 0 Å². The maximum absolute atomic E-state index is 2.54. The minimum atomic E-state index is 0.409. The summed E-state index contributed by atoms with van der Waals surface area (Å²) in [7, 11) is 0. The van der Waals surface area contributed by atoms with E-state index >= 15 is 0 Å². The molecule has 0 aromatic carbocycles. The maximum Gasteiger partial charge on any atom is -0.0184 e. The molecule has 1 aliphatic carbocycles. The van der Waals surface area contributed by atoms with Crippen molar-refractivity contribution < 1.29 is 0 Å². The Hall–Kier alpha value is 0. The highest BCUT2D eigenvalue weighted by molar-refractivity contribution is 5.16. The molecule has 1 fully saturated rings. The smallest absolute Gasteiger partial charge is 0.0184 e. The molecule has 0 N–H and O–H groups in total. The lowest BCUT2D eigenvalue weighted by atomic mass is 9.66. The van der Waals surface area contributed by atoms with E-state index in [0.717, 1.165) is 35.5 Å². The first-order valence-corrected chi connectivity index (χ1v) is 10.2. The van der Waals surface area contributed by atoms with Gasteiger partial charge in [-0.2, -0.15) is 0 Å². The van der Waals surface area contributed by atoms with Crippen molar-refractivity contribution in [3.8, 4) is 0 Å². The van der Waals surface area contributed by atoms with Crippen molar-refractivity contribution in [1.29, 1.82) is 0 Å². The van der Waals surface area contributed by atoms with Crippen molar-refractivity contribution in [2.24, 2.45) is 51.8 Å². The Labute approximate surface area is 148 Å². The van der Waals surface area contributed by atoms with E-state index in [1.54, 1.807) is 0 Å². The molecule has 0 spiro atoms. The molecule has 0 amide bonds. The molecule has 1 saturated carbocycles. The first kappa shape index (κ1) is 21.0. The van der Waals surface area contributed by atoms with Crippen LogP contribution >= 0.6 is 0 Å². The lowest BCUT2D eigenvalue weighted by Gasteiger charge is -2.39. The quantitative estimate of drug-likeness (QED) is 0.470. The minimum Gasteiger partial charge on any atom is -0.0625 e. The average molecular weight is 323 g/mol. The number of hydrogen-bond donors (Lipinski definition) is 0. The standard InChI is InChI=1S/C23H46/c1-15(2)17(4)13-16(3)14-23(22(10,11)12)19(6)20(23)18(5)21(7,8)9/h15-20H,13-14H2,1-12H3. The lowest BCUT2D eigenvalue weighted by molar-refractivity contribution is 0.0995. The van der Waals surface area contributed by atoms with Gasteiger partial charge < -0.3 is 0 Å². The topological polar surface area (TPSA) is 0 Å². The normalized spacial score (nSPS) is 32.7. The highest BCUT2D eigenvalue weighted by Gasteiger charge is 2.69. The zero-order valence-corrected chi connectivity index (χ0v) is 18.4. The molecule has 23 heavy (non-hydrogen) atoms. The van der Waals surface area contributed by atoms with Crippen molar-refractivity contribution >= 4 is 0 Å². The molecule has 0 aliphatic heterocycles. The van der Waals surface area contributed by atoms with E-state index in [1.165, 1.54) is 12.8 Å². The number of rotatable bonds is 6. The van der Waals surface area contributed by atoms with Crippen LogP contribution in [-0.4, -0.2) is 0 Å². The van der Waals surface area contributed by atoms with Crippen molar-refractivity contribution in [3.63, 3.8) is 0 Å². The van der Waals surface area contributed by atoms with E-state index in [9.17, 15) is 0 Å². The van der Waals surface area contributed by atoms with E-state index in [2.05, 4.69) is 83.1 Å². The zero-order valence-electron chi connectivity index (χ0n) is 18.4. The van der Waals surface area contributed by atoms with Crippen molar-refractivity contribution in [1.82, 2.24) is 0 Å². The molecule has 0 heterocycles. The van der Waals surface area contributed by atoms with Crippen LogP contribution in [0.25, 0.3) is 0 Å². The highest BCUT2D eigenvalue weighted by Crippen LogP contribution is 2.74. The third-order valence-electron chi connectivity index (χ3n) is 7.74. The first-order valence-electron chi connectivity index (χ1n) is 10.2. The van der Waals surface area contributed by atoms with Crippen molar-refractivity contribution in [2.45, 2.75) is 95.9 Å². The molecule has 0 radical (unpaired) electrons. The maximum atomic E-state index is 2.54. The highest BCUT2D eigenvalue weighted by atomic mass is 14.7. The van der Waals surface area contributed by atoms with Crippen LogP contribution in [0, 0.1) is 51.8 Å². The van der Waals surface area contributed by atoms with E-state index in [0.29, 0.717) is 16.2 Å². The fourth-order valence-electron chi connectivity index (χ4n) is 5.46. The molecule has 138 valence electrons. The molecule has 0 aromatic rings. The summed E-state index contributed by atoms with van der Waals surface area (Å²) < 4.78 is 0. The predicted molar refractivity (Wildman–Crippen MR) is 106 cm³/mol. The van der Waals surface area contributed by atoms with Gasteiger partial charge >= 0.3 is 0 Å². The van der Waals surface area contributed by atoms with Gasteiger partial charge in [0.05, 0.1) is 0 Å². The summed E-state index contributed by atoms with van der Waals surface area (Å²) in [4.78, 5) is 0. The van der Waals surface area contributed by atoms with E-state index < -0.39 is 0 Å². The second kappa shape index (κ2) is 6.72. The molecule has 0 nitrogen and oxygen atoms in total. The van der Waals surface area contributed by atoms with Gasteiger partial charge in [0.15, 0.2) is 0 Å². The Kier molecular flexibility index (Phi) is 6.15. The van der Waals surface area contributed by atoms with Gasteiger partial charge in [-0.25, -0.2) is 0 Å². The predicted octanol–water partition coefficient (Wildman–Crippen LogP) is 7.68. The largest absolute Gasteiger partial charge is 0.0625 e. The molecule has 0 bridgehead atoms.